The minimum absolute atomic E-state index is 0.195. The second kappa shape index (κ2) is 8.96. The molecule has 5 rings (SSSR count). The predicted molar refractivity (Wildman–Crippen MR) is 131 cm³/mol. The van der Waals surface area contributed by atoms with Crippen LogP contribution in [0.15, 0.2) is 93.9 Å². The normalized spacial score (nSPS) is 19.1. The van der Waals surface area contributed by atoms with E-state index in [1.165, 1.54) is 11.8 Å². The molecule has 0 radical (unpaired) electrons. The van der Waals surface area contributed by atoms with Crippen molar-refractivity contribution < 1.29 is 14.6 Å². The summed E-state index contributed by atoms with van der Waals surface area (Å²) in [6.07, 6.45) is 2.41. The van der Waals surface area contributed by atoms with Gasteiger partial charge >= 0.3 is 0 Å². The molecule has 6 nitrogen and oxygen atoms in total. The highest BCUT2D eigenvalue weighted by atomic mass is 32.2. The van der Waals surface area contributed by atoms with E-state index < -0.39 is 0 Å². The zero-order valence-electron chi connectivity index (χ0n) is 17.9. The highest BCUT2D eigenvalue weighted by Gasteiger charge is 2.37. The standard InChI is InChI=1S/C26H21N3O3S/c1-32-19-13-11-17(12-14-19)15-24-25(31)27-26(33-24)29-22(20-9-5-6-10-23(20)30)16-21(28-29)18-7-3-2-4-8-18/h2-15,22,30H,16H2,1H3/b24-15-. The Morgan fingerprint density at radius 3 is 2.48 bits per heavy atom. The third-order valence-electron chi connectivity index (χ3n) is 5.53. The second-order valence-electron chi connectivity index (χ2n) is 7.62. The maximum Gasteiger partial charge on any atom is 0.286 e. The minimum atomic E-state index is -0.301. The number of amides is 1. The zero-order chi connectivity index (χ0) is 22.8. The first kappa shape index (κ1) is 21.0. The van der Waals surface area contributed by atoms with Gasteiger partial charge in [-0.2, -0.15) is 10.1 Å². The molecule has 2 aliphatic rings. The molecule has 2 aliphatic heterocycles. The van der Waals surface area contributed by atoms with Gasteiger partial charge in [0.1, 0.15) is 11.5 Å². The summed E-state index contributed by atoms with van der Waals surface area (Å²) < 4.78 is 5.20. The van der Waals surface area contributed by atoms with E-state index in [1.807, 2.05) is 72.8 Å². The van der Waals surface area contributed by atoms with Crippen LogP contribution in [0.1, 0.15) is 29.2 Å². The summed E-state index contributed by atoms with van der Waals surface area (Å²) in [5, 5.41) is 17.6. The number of benzene rings is 3. The molecule has 164 valence electrons. The van der Waals surface area contributed by atoms with E-state index in [-0.39, 0.29) is 17.7 Å². The van der Waals surface area contributed by atoms with E-state index in [4.69, 9.17) is 9.84 Å². The molecule has 3 aromatic rings. The van der Waals surface area contributed by atoms with Crippen LogP contribution in [0.3, 0.4) is 0 Å². The van der Waals surface area contributed by atoms with Crippen LogP contribution in [0.4, 0.5) is 0 Å². The van der Waals surface area contributed by atoms with Crippen molar-refractivity contribution in [2.24, 2.45) is 10.1 Å². The maximum absolute atomic E-state index is 12.7. The van der Waals surface area contributed by atoms with Gasteiger partial charge in [0.15, 0.2) is 5.17 Å². The first-order valence-corrected chi connectivity index (χ1v) is 11.3. The van der Waals surface area contributed by atoms with E-state index in [2.05, 4.69) is 4.99 Å². The lowest BCUT2D eigenvalue weighted by Crippen LogP contribution is -2.23. The van der Waals surface area contributed by atoms with Gasteiger partial charge in [-0.3, -0.25) is 4.79 Å². The van der Waals surface area contributed by atoms with Crippen molar-refractivity contribution in [3.63, 3.8) is 0 Å². The minimum Gasteiger partial charge on any atom is -0.508 e. The number of nitrogens with zero attached hydrogens (tertiary/aromatic N) is 3. The Morgan fingerprint density at radius 2 is 1.76 bits per heavy atom. The van der Waals surface area contributed by atoms with Crippen LogP contribution < -0.4 is 4.74 Å². The van der Waals surface area contributed by atoms with Crippen LogP contribution in [0.2, 0.25) is 0 Å². The number of methoxy groups -OCH3 is 1. The molecule has 0 aliphatic carbocycles. The number of para-hydroxylation sites is 1. The number of amidine groups is 1. The molecule has 2 heterocycles. The number of ether oxygens (including phenoxy) is 1. The number of hydrogen-bond donors (Lipinski definition) is 1. The first-order chi connectivity index (χ1) is 16.1. The Hall–Kier alpha value is -3.84. The number of aromatic hydroxyl groups is 1. The first-order valence-electron chi connectivity index (χ1n) is 10.5. The van der Waals surface area contributed by atoms with Crippen LogP contribution in [-0.2, 0) is 4.79 Å². The Balaban J connectivity index is 1.47. The van der Waals surface area contributed by atoms with Gasteiger partial charge in [-0.15, -0.1) is 0 Å². The molecule has 0 saturated carbocycles. The summed E-state index contributed by atoms with van der Waals surface area (Å²) in [5.41, 5.74) is 3.52. The Bertz CT molecular complexity index is 1280. The highest BCUT2D eigenvalue weighted by molar-refractivity contribution is 8.18. The summed E-state index contributed by atoms with van der Waals surface area (Å²) in [6, 6.07) is 24.4. The van der Waals surface area contributed by atoms with Crippen molar-refractivity contribution in [3.8, 4) is 11.5 Å². The van der Waals surface area contributed by atoms with Gasteiger partial charge in [0.05, 0.1) is 23.8 Å². The van der Waals surface area contributed by atoms with E-state index in [9.17, 15) is 9.90 Å². The summed E-state index contributed by atoms with van der Waals surface area (Å²) in [4.78, 5) is 17.5. The molecule has 1 unspecified atom stereocenters. The molecule has 3 aromatic carbocycles. The van der Waals surface area contributed by atoms with E-state index in [1.54, 1.807) is 24.3 Å². The fourth-order valence-corrected chi connectivity index (χ4v) is 4.77. The number of hydrogen-bond acceptors (Lipinski definition) is 6. The van der Waals surface area contributed by atoms with Gasteiger partial charge in [-0.25, -0.2) is 5.01 Å². The Labute approximate surface area is 195 Å². The van der Waals surface area contributed by atoms with Gasteiger partial charge in [0.2, 0.25) is 0 Å². The van der Waals surface area contributed by atoms with Gasteiger partial charge < -0.3 is 9.84 Å². The van der Waals surface area contributed by atoms with Crippen LogP contribution >= 0.6 is 11.8 Å². The van der Waals surface area contributed by atoms with Gasteiger partial charge in [0.25, 0.3) is 5.91 Å². The van der Waals surface area contributed by atoms with Crippen molar-refractivity contribution in [2.75, 3.05) is 7.11 Å². The monoisotopic (exact) mass is 455 g/mol. The molecular weight excluding hydrogens is 434 g/mol. The summed E-state index contributed by atoms with van der Waals surface area (Å²) in [6.45, 7) is 0. The van der Waals surface area contributed by atoms with Crippen molar-refractivity contribution >= 4 is 34.6 Å². The summed E-state index contributed by atoms with van der Waals surface area (Å²) in [7, 11) is 1.62. The fraction of sp³-hybridized carbons (Fsp3) is 0.115. The molecule has 7 heteroatoms. The lowest BCUT2D eigenvalue weighted by molar-refractivity contribution is -0.113. The van der Waals surface area contributed by atoms with E-state index in [0.29, 0.717) is 16.5 Å². The molecule has 1 amide bonds. The van der Waals surface area contributed by atoms with E-state index >= 15 is 0 Å². The number of carbonyl (C=O) groups excluding carboxylic acids is 1. The number of aliphatic imine (C=N–C) groups is 1. The zero-order valence-corrected chi connectivity index (χ0v) is 18.7. The van der Waals surface area contributed by atoms with Crippen molar-refractivity contribution in [3.05, 3.63) is 100 Å². The number of thioether (sulfide) groups is 1. The molecule has 33 heavy (non-hydrogen) atoms. The van der Waals surface area contributed by atoms with Crippen molar-refractivity contribution in [1.29, 1.82) is 0 Å². The third-order valence-corrected chi connectivity index (χ3v) is 6.51. The van der Waals surface area contributed by atoms with Gasteiger partial charge in [0, 0.05) is 12.0 Å². The predicted octanol–water partition coefficient (Wildman–Crippen LogP) is 5.22. The average Bonchev–Trinajstić information content (AvgIpc) is 3.44. The Morgan fingerprint density at radius 1 is 1.03 bits per heavy atom. The lowest BCUT2D eigenvalue weighted by Gasteiger charge is -2.23. The van der Waals surface area contributed by atoms with Crippen LogP contribution in [-0.4, -0.2) is 34.0 Å². The third kappa shape index (κ3) is 4.27. The lowest BCUT2D eigenvalue weighted by atomic mass is 9.98. The number of hydrazone groups is 1. The molecule has 0 bridgehead atoms. The quantitative estimate of drug-likeness (QED) is 0.546. The number of rotatable bonds is 4. The van der Waals surface area contributed by atoms with Crippen LogP contribution in [0.25, 0.3) is 6.08 Å². The molecule has 0 spiro atoms. The average molecular weight is 456 g/mol. The highest BCUT2D eigenvalue weighted by Crippen LogP contribution is 2.41. The Kier molecular flexibility index (Phi) is 5.71. The maximum atomic E-state index is 12.7. The molecule has 0 aromatic heterocycles. The number of phenolic OH excluding ortho intramolecular Hbond substituents is 1. The number of carbonyl (C=O) groups is 1. The molecule has 1 N–H and O–H groups in total. The largest absolute Gasteiger partial charge is 0.508 e. The van der Waals surface area contributed by atoms with Crippen LogP contribution in [0.5, 0.6) is 11.5 Å². The topological polar surface area (TPSA) is 74.5 Å². The van der Waals surface area contributed by atoms with Crippen molar-refractivity contribution in [1.82, 2.24) is 5.01 Å². The van der Waals surface area contributed by atoms with Gasteiger partial charge in [-0.1, -0.05) is 60.7 Å². The molecule has 0 saturated heterocycles. The fourth-order valence-electron chi connectivity index (χ4n) is 3.85. The molecule has 1 atom stereocenters. The van der Waals surface area contributed by atoms with Crippen LogP contribution in [0, 0.1) is 0 Å². The SMILES string of the molecule is COc1ccc(/C=C2\SC(N3N=C(c4ccccc4)CC3c3ccccc3O)=NC2=O)cc1. The smallest absolute Gasteiger partial charge is 0.286 e. The second-order valence-corrected chi connectivity index (χ2v) is 8.63. The molecule has 0 fully saturated rings. The van der Waals surface area contributed by atoms with Crippen molar-refractivity contribution in [2.45, 2.75) is 12.5 Å². The number of phenols is 1. The van der Waals surface area contributed by atoms with Gasteiger partial charge in [-0.05, 0) is 47.2 Å². The summed E-state index contributed by atoms with van der Waals surface area (Å²) >= 11 is 1.29. The summed E-state index contributed by atoms with van der Waals surface area (Å²) in [5.74, 6) is 0.649. The molecular formula is C26H21N3O3S. The van der Waals surface area contributed by atoms with E-state index in [0.717, 1.165) is 28.2 Å².